The average Bonchev–Trinajstić information content (AvgIpc) is 2.42. The van der Waals surface area contributed by atoms with Gasteiger partial charge in [-0.25, -0.2) is 4.39 Å². The van der Waals surface area contributed by atoms with Crippen LogP contribution < -0.4 is 10.1 Å². The summed E-state index contributed by atoms with van der Waals surface area (Å²) in [6.45, 7) is 2.14. The van der Waals surface area contributed by atoms with Gasteiger partial charge in [0.05, 0.1) is 0 Å². The van der Waals surface area contributed by atoms with Crippen molar-refractivity contribution in [2.45, 2.75) is 19.4 Å². The van der Waals surface area contributed by atoms with Gasteiger partial charge in [-0.3, -0.25) is 0 Å². The Morgan fingerprint density at radius 1 is 1.11 bits per heavy atom. The summed E-state index contributed by atoms with van der Waals surface area (Å²) in [5, 5.41) is 3.25. The van der Waals surface area contributed by atoms with Crippen molar-refractivity contribution in [2.75, 3.05) is 7.05 Å². The van der Waals surface area contributed by atoms with Crippen LogP contribution in [0.3, 0.4) is 0 Å². The highest BCUT2D eigenvalue weighted by atomic mass is 19.1. The molecule has 0 aliphatic rings. The molecule has 0 bridgehead atoms. The molecule has 0 saturated carbocycles. The topological polar surface area (TPSA) is 21.3 Å². The molecule has 0 aliphatic carbocycles. The Morgan fingerprint density at radius 2 is 1.84 bits per heavy atom. The van der Waals surface area contributed by atoms with E-state index in [-0.39, 0.29) is 5.82 Å². The zero-order valence-electron chi connectivity index (χ0n) is 11.2. The van der Waals surface area contributed by atoms with Gasteiger partial charge >= 0.3 is 0 Å². The largest absolute Gasteiger partial charge is 0.457 e. The van der Waals surface area contributed by atoms with Gasteiger partial charge in [0.2, 0.25) is 0 Å². The minimum absolute atomic E-state index is 0.296. The summed E-state index contributed by atoms with van der Waals surface area (Å²) in [7, 11) is 1.95. The number of ether oxygens (including phenoxy) is 1. The number of benzene rings is 2. The molecule has 0 fully saturated rings. The summed E-state index contributed by atoms with van der Waals surface area (Å²) in [6.07, 6.45) is 1.03. The molecule has 2 aromatic carbocycles. The van der Waals surface area contributed by atoms with E-state index in [0.29, 0.717) is 17.5 Å². The zero-order chi connectivity index (χ0) is 13.7. The van der Waals surface area contributed by atoms with E-state index < -0.39 is 0 Å². The van der Waals surface area contributed by atoms with Gasteiger partial charge in [-0.1, -0.05) is 25.1 Å². The lowest BCUT2D eigenvalue weighted by Gasteiger charge is -2.14. The lowest BCUT2D eigenvalue weighted by molar-refractivity contribution is 0.476. The van der Waals surface area contributed by atoms with Crippen LogP contribution in [0.4, 0.5) is 4.39 Å². The average molecular weight is 259 g/mol. The van der Waals surface area contributed by atoms with E-state index in [9.17, 15) is 4.39 Å². The van der Waals surface area contributed by atoms with E-state index in [0.717, 1.165) is 6.42 Å². The smallest absolute Gasteiger partial charge is 0.130 e. The second kappa shape index (κ2) is 6.34. The van der Waals surface area contributed by atoms with Crippen LogP contribution in [0.25, 0.3) is 0 Å². The SMILES string of the molecule is CCC(NC)c1ccc(Oc2cccc(F)c2)cc1. The highest BCUT2D eigenvalue weighted by Crippen LogP contribution is 2.24. The van der Waals surface area contributed by atoms with Crippen LogP contribution in [0.5, 0.6) is 11.5 Å². The first-order valence-electron chi connectivity index (χ1n) is 6.43. The van der Waals surface area contributed by atoms with Crippen molar-refractivity contribution in [3.05, 3.63) is 59.9 Å². The fraction of sp³-hybridized carbons (Fsp3) is 0.250. The highest BCUT2D eigenvalue weighted by Gasteiger charge is 2.06. The summed E-state index contributed by atoms with van der Waals surface area (Å²) < 4.78 is 18.6. The van der Waals surface area contributed by atoms with Crippen molar-refractivity contribution < 1.29 is 9.13 Å². The van der Waals surface area contributed by atoms with E-state index in [1.807, 2.05) is 31.3 Å². The summed E-state index contributed by atoms with van der Waals surface area (Å²) >= 11 is 0. The minimum atomic E-state index is -0.296. The number of rotatable bonds is 5. The molecule has 0 radical (unpaired) electrons. The molecule has 2 aromatic rings. The van der Waals surface area contributed by atoms with Gasteiger partial charge in [0.15, 0.2) is 0 Å². The molecule has 3 heteroatoms. The first kappa shape index (κ1) is 13.6. The molecular weight excluding hydrogens is 241 g/mol. The van der Waals surface area contributed by atoms with Gasteiger partial charge in [-0.05, 0) is 43.3 Å². The van der Waals surface area contributed by atoms with Crippen molar-refractivity contribution in [3.8, 4) is 11.5 Å². The highest BCUT2D eigenvalue weighted by molar-refractivity contribution is 5.34. The summed E-state index contributed by atoms with van der Waals surface area (Å²) in [6, 6.07) is 14.3. The number of halogens is 1. The van der Waals surface area contributed by atoms with E-state index in [1.165, 1.54) is 17.7 Å². The van der Waals surface area contributed by atoms with Crippen LogP contribution in [0.1, 0.15) is 24.9 Å². The first-order chi connectivity index (χ1) is 9.22. The Kier molecular flexibility index (Phi) is 4.53. The van der Waals surface area contributed by atoms with E-state index in [4.69, 9.17) is 4.74 Å². The van der Waals surface area contributed by atoms with Gasteiger partial charge in [-0.2, -0.15) is 0 Å². The van der Waals surface area contributed by atoms with Crippen LogP contribution in [-0.4, -0.2) is 7.05 Å². The van der Waals surface area contributed by atoms with Crippen molar-refractivity contribution in [1.29, 1.82) is 0 Å². The van der Waals surface area contributed by atoms with Gasteiger partial charge in [0, 0.05) is 12.1 Å². The Bertz CT molecular complexity index is 521. The number of hydrogen-bond acceptors (Lipinski definition) is 2. The zero-order valence-corrected chi connectivity index (χ0v) is 11.2. The molecule has 1 atom stereocenters. The Hall–Kier alpha value is -1.87. The maximum absolute atomic E-state index is 13.0. The number of hydrogen-bond donors (Lipinski definition) is 1. The second-order valence-corrected chi connectivity index (χ2v) is 4.38. The quantitative estimate of drug-likeness (QED) is 0.865. The standard InChI is InChI=1S/C16H18FNO/c1-3-16(18-2)12-7-9-14(10-8-12)19-15-6-4-5-13(17)11-15/h4-11,16,18H,3H2,1-2H3. The molecule has 0 saturated heterocycles. The molecule has 2 nitrogen and oxygen atoms in total. The molecule has 0 aliphatic heterocycles. The van der Waals surface area contributed by atoms with Crippen LogP contribution >= 0.6 is 0 Å². The predicted octanol–water partition coefficient (Wildman–Crippen LogP) is 4.29. The van der Waals surface area contributed by atoms with Gasteiger partial charge in [0.1, 0.15) is 17.3 Å². The van der Waals surface area contributed by atoms with Crippen LogP contribution in [-0.2, 0) is 0 Å². The monoisotopic (exact) mass is 259 g/mol. The van der Waals surface area contributed by atoms with Gasteiger partial charge in [-0.15, -0.1) is 0 Å². The van der Waals surface area contributed by atoms with Gasteiger partial charge in [0.25, 0.3) is 0 Å². The van der Waals surface area contributed by atoms with Crippen molar-refractivity contribution >= 4 is 0 Å². The molecule has 2 rings (SSSR count). The van der Waals surface area contributed by atoms with Crippen molar-refractivity contribution in [2.24, 2.45) is 0 Å². The molecule has 19 heavy (non-hydrogen) atoms. The predicted molar refractivity (Wildman–Crippen MR) is 75.0 cm³/mol. The summed E-state index contributed by atoms with van der Waals surface area (Å²) in [5.74, 6) is 0.920. The van der Waals surface area contributed by atoms with Gasteiger partial charge < -0.3 is 10.1 Å². The number of nitrogens with one attached hydrogen (secondary N) is 1. The third kappa shape index (κ3) is 3.55. The maximum atomic E-state index is 13.0. The lowest BCUT2D eigenvalue weighted by atomic mass is 10.0. The Labute approximate surface area is 113 Å². The molecule has 0 amide bonds. The Morgan fingerprint density at radius 3 is 2.42 bits per heavy atom. The fourth-order valence-corrected chi connectivity index (χ4v) is 2.04. The fourth-order valence-electron chi connectivity index (χ4n) is 2.04. The van der Waals surface area contributed by atoms with E-state index in [2.05, 4.69) is 12.2 Å². The molecule has 100 valence electrons. The Balaban J connectivity index is 2.10. The van der Waals surface area contributed by atoms with E-state index >= 15 is 0 Å². The molecule has 0 spiro atoms. The first-order valence-corrected chi connectivity index (χ1v) is 6.43. The third-order valence-electron chi connectivity index (χ3n) is 3.07. The summed E-state index contributed by atoms with van der Waals surface area (Å²) in [4.78, 5) is 0. The third-order valence-corrected chi connectivity index (χ3v) is 3.07. The van der Waals surface area contributed by atoms with Crippen molar-refractivity contribution in [3.63, 3.8) is 0 Å². The summed E-state index contributed by atoms with van der Waals surface area (Å²) in [5.41, 5.74) is 1.22. The maximum Gasteiger partial charge on any atom is 0.130 e. The van der Waals surface area contributed by atoms with Crippen LogP contribution in [0.15, 0.2) is 48.5 Å². The van der Waals surface area contributed by atoms with E-state index in [1.54, 1.807) is 12.1 Å². The lowest BCUT2D eigenvalue weighted by Crippen LogP contribution is -2.14. The minimum Gasteiger partial charge on any atom is -0.457 e. The second-order valence-electron chi connectivity index (χ2n) is 4.38. The molecular formula is C16H18FNO. The normalized spacial score (nSPS) is 12.2. The molecule has 1 N–H and O–H groups in total. The van der Waals surface area contributed by atoms with Crippen LogP contribution in [0.2, 0.25) is 0 Å². The molecule has 1 unspecified atom stereocenters. The van der Waals surface area contributed by atoms with Crippen molar-refractivity contribution in [1.82, 2.24) is 5.32 Å². The molecule has 0 aromatic heterocycles. The molecule has 0 heterocycles. The van der Waals surface area contributed by atoms with Crippen LogP contribution in [0, 0.1) is 5.82 Å².